The number of nitrogens with one attached hydrogen (secondary N) is 1. The van der Waals surface area contributed by atoms with E-state index in [0.717, 1.165) is 0 Å². The van der Waals surface area contributed by atoms with Gasteiger partial charge in [-0.25, -0.2) is 0 Å². The molecular formula is C12H24N2O. The maximum atomic E-state index is 12.0. The topological polar surface area (TPSA) is 55.1 Å². The van der Waals surface area contributed by atoms with Gasteiger partial charge in [-0.2, -0.15) is 0 Å². The van der Waals surface area contributed by atoms with Gasteiger partial charge in [-0.15, -0.1) is 0 Å². The average Bonchev–Trinajstić information content (AvgIpc) is 2.41. The van der Waals surface area contributed by atoms with Gasteiger partial charge in [0.05, 0.1) is 0 Å². The van der Waals surface area contributed by atoms with Crippen LogP contribution in [0.2, 0.25) is 0 Å². The number of rotatable bonds is 3. The lowest BCUT2D eigenvalue weighted by Crippen LogP contribution is -2.50. The zero-order valence-electron chi connectivity index (χ0n) is 10.8. The summed E-state index contributed by atoms with van der Waals surface area (Å²) in [7, 11) is 0. The Kier molecular flexibility index (Phi) is 2.67. The highest BCUT2D eigenvalue weighted by atomic mass is 16.2. The first-order valence-electron chi connectivity index (χ1n) is 5.58. The lowest BCUT2D eigenvalue weighted by Gasteiger charge is -2.24. The standard InChI is InChI=1S/C12H24N2O/c1-10(2,7-13)14-9(15)8-11(3,4)12(8,5)6/h8H,7,13H2,1-6H3,(H,14,15). The summed E-state index contributed by atoms with van der Waals surface area (Å²) < 4.78 is 0. The van der Waals surface area contributed by atoms with Gasteiger partial charge in [-0.1, -0.05) is 27.7 Å². The van der Waals surface area contributed by atoms with Crippen LogP contribution in [0.15, 0.2) is 0 Å². The molecule has 3 heteroatoms. The number of carbonyl (C=O) groups is 1. The second kappa shape index (κ2) is 3.21. The van der Waals surface area contributed by atoms with Gasteiger partial charge >= 0.3 is 0 Å². The second-order valence-corrected chi connectivity index (χ2v) is 6.45. The van der Waals surface area contributed by atoms with Gasteiger partial charge in [0, 0.05) is 18.0 Å². The first-order valence-corrected chi connectivity index (χ1v) is 5.58. The Morgan fingerprint density at radius 3 is 1.93 bits per heavy atom. The van der Waals surface area contributed by atoms with Crippen molar-refractivity contribution >= 4 is 5.91 Å². The number of nitrogens with two attached hydrogens (primary N) is 1. The van der Waals surface area contributed by atoms with Gasteiger partial charge in [0.2, 0.25) is 5.91 Å². The average molecular weight is 212 g/mol. The molecule has 0 radical (unpaired) electrons. The molecule has 3 nitrogen and oxygen atoms in total. The molecule has 0 spiro atoms. The molecule has 1 aliphatic carbocycles. The van der Waals surface area contributed by atoms with Crippen LogP contribution in [0.5, 0.6) is 0 Å². The number of carbonyl (C=O) groups excluding carboxylic acids is 1. The van der Waals surface area contributed by atoms with E-state index in [2.05, 4.69) is 33.0 Å². The Morgan fingerprint density at radius 2 is 1.67 bits per heavy atom. The maximum absolute atomic E-state index is 12.0. The van der Waals surface area contributed by atoms with E-state index >= 15 is 0 Å². The lowest BCUT2D eigenvalue weighted by atomic mass is 10.0. The molecule has 3 N–H and O–H groups in total. The molecule has 0 unspecified atom stereocenters. The molecule has 0 saturated heterocycles. The Morgan fingerprint density at radius 1 is 1.27 bits per heavy atom. The zero-order valence-corrected chi connectivity index (χ0v) is 10.8. The Balaban J connectivity index is 2.67. The van der Waals surface area contributed by atoms with E-state index in [1.807, 2.05) is 13.8 Å². The van der Waals surface area contributed by atoms with Crippen molar-refractivity contribution < 1.29 is 4.79 Å². The smallest absolute Gasteiger partial charge is 0.224 e. The van der Waals surface area contributed by atoms with Crippen LogP contribution in [0.25, 0.3) is 0 Å². The first-order chi connectivity index (χ1) is 6.56. The van der Waals surface area contributed by atoms with Crippen molar-refractivity contribution in [1.82, 2.24) is 5.32 Å². The fourth-order valence-corrected chi connectivity index (χ4v) is 2.31. The van der Waals surface area contributed by atoms with Gasteiger partial charge in [-0.3, -0.25) is 4.79 Å². The largest absolute Gasteiger partial charge is 0.350 e. The molecular weight excluding hydrogens is 188 g/mol. The monoisotopic (exact) mass is 212 g/mol. The molecule has 0 aromatic heterocycles. The van der Waals surface area contributed by atoms with Crippen molar-refractivity contribution in [3.63, 3.8) is 0 Å². The van der Waals surface area contributed by atoms with Gasteiger partial charge in [0.1, 0.15) is 0 Å². The van der Waals surface area contributed by atoms with Gasteiger partial charge in [0.15, 0.2) is 0 Å². The van der Waals surface area contributed by atoms with E-state index in [0.29, 0.717) is 6.54 Å². The van der Waals surface area contributed by atoms with Crippen LogP contribution in [0.3, 0.4) is 0 Å². The summed E-state index contributed by atoms with van der Waals surface area (Å²) in [5.41, 5.74) is 5.49. The molecule has 0 aromatic carbocycles. The third-order valence-corrected chi connectivity index (χ3v) is 4.25. The summed E-state index contributed by atoms with van der Waals surface area (Å²) in [6.07, 6.45) is 0. The van der Waals surface area contributed by atoms with Crippen LogP contribution in [0.1, 0.15) is 41.5 Å². The predicted octanol–water partition coefficient (Wildman–Crippen LogP) is 1.52. The van der Waals surface area contributed by atoms with E-state index in [4.69, 9.17) is 5.73 Å². The van der Waals surface area contributed by atoms with Crippen LogP contribution < -0.4 is 11.1 Å². The predicted molar refractivity (Wildman–Crippen MR) is 62.3 cm³/mol. The third kappa shape index (κ3) is 1.89. The second-order valence-electron chi connectivity index (χ2n) is 6.45. The third-order valence-electron chi connectivity index (χ3n) is 4.25. The quantitative estimate of drug-likeness (QED) is 0.745. The fraction of sp³-hybridized carbons (Fsp3) is 0.917. The molecule has 1 fully saturated rings. The fourth-order valence-electron chi connectivity index (χ4n) is 2.31. The van der Waals surface area contributed by atoms with Crippen molar-refractivity contribution in [3.8, 4) is 0 Å². The maximum Gasteiger partial charge on any atom is 0.224 e. The number of hydrogen-bond donors (Lipinski definition) is 2. The summed E-state index contributed by atoms with van der Waals surface area (Å²) in [5.74, 6) is 0.247. The molecule has 88 valence electrons. The van der Waals surface area contributed by atoms with Gasteiger partial charge < -0.3 is 11.1 Å². The highest BCUT2D eigenvalue weighted by molar-refractivity contribution is 5.84. The minimum Gasteiger partial charge on any atom is -0.350 e. The Labute approximate surface area is 92.8 Å². The highest BCUT2D eigenvalue weighted by Gasteiger charge is 2.68. The molecule has 0 atom stereocenters. The molecule has 1 rings (SSSR count). The number of hydrogen-bond acceptors (Lipinski definition) is 2. The summed E-state index contributed by atoms with van der Waals surface area (Å²) in [6, 6.07) is 0. The first kappa shape index (κ1) is 12.5. The molecule has 1 amide bonds. The van der Waals surface area contributed by atoms with Crippen molar-refractivity contribution in [3.05, 3.63) is 0 Å². The Hall–Kier alpha value is -0.570. The van der Waals surface area contributed by atoms with Gasteiger partial charge in [-0.05, 0) is 24.7 Å². The van der Waals surface area contributed by atoms with E-state index < -0.39 is 0 Å². The molecule has 1 aliphatic rings. The normalized spacial score (nSPS) is 23.7. The van der Waals surface area contributed by atoms with Crippen LogP contribution in [-0.2, 0) is 4.79 Å². The van der Waals surface area contributed by atoms with E-state index in [1.165, 1.54) is 0 Å². The van der Waals surface area contributed by atoms with E-state index in [-0.39, 0.29) is 28.2 Å². The van der Waals surface area contributed by atoms with Crippen molar-refractivity contribution in [1.29, 1.82) is 0 Å². The number of amides is 1. The molecule has 0 heterocycles. The molecule has 0 bridgehead atoms. The molecule has 1 saturated carbocycles. The van der Waals surface area contributed by atoms with Crippen molar-refractivity contribution in [2.24, 2.45) is 22.5 Å². The summed E-state index contributed by atoms with van der Waals surface area (Å²) in [5, 5.41) is 3.02. The summed E-state index contributed by atoms with van der Waals surface area (Å²) in [4.78, 5) is 12.0. The van der Waals surface area contributed by atoms with Gasteiger partial charge in [0.25, 0.3) is 0 Å². The highest BCUT2D eigenvalue weighted by Crippen LogP contribution is 2.68. The van der Waals surface area contributed by atoms with Crippen molar-refractivity contribution in [2.45, 2.75) is 47.1 Å². The van der Waals surface area contributed by atoms with Crippen LogP contribution in [0, 0.1) is 16.7 Å². The SMILES string of the molecule is CC(C)(CN)NC(=O)C1C(C)(C)C1(C)C. The van der Waals surface area contributed by atoms with Crippen LogP contribution in [-0.4, -0.2) is 18.0 Å². The summed E-state index contributed by atoms with van der Waals surface area (Å²) >= 11 is 0. The molecule has 15 heavy (non-hydrogen) atoms. The Bertz CT molecular complexity index is 265. The van der Waals surface area contributed by atoms with E-state index in [9.17, 15) is 4.79 Å². The molecule has 0 aliphatic heterocycles. The van der Waals surface area contributed by atoms with E-state index in [1.54, 1.807) is 0 Å². The lowest BCUT2D eigenvalue weighted by molar-refractivity contribution is -0.125. The molecule has 0 aromatic rings. The zero-order chi connectivity index (χ0) is 12.1. The van der Waals surface area contributed by atoms with Crippen LogP contribution >= 0.6 is 0 Å². The minimum absolute atomic E-state index is 0.0990. The van der Waals surface area contributed by atoms with Crippen LogP contribution in [0.4, 0.5) is 0 Å². The minimum atomic E-state index is -0.300. The van der Waals surface area contributed by atoms with Crippen molar-refractivity contribution in [2.75, 3.05) is 6.54 Å². The summed E-state index contributed by atoms with van der Waals surface area (Å²) in [6.45, 7) is 13.0.